The summed E-state index contributed by atoms with van der Waals surface area (Å²) in [7, 11) is 0. The van der Waals surface area contributed by atoms with Gasteiger partial charge in [0, 0.05) is 28.9 Å². The molecule has 2 aromatic carbocycles. The fourth-order valence-corrected chi connectivity index (χ4v) is 3.22. The minimum Gasteiger partial charge on any atom is -0.478 e. The standard InChI is InChI=1S/C21H17ClN2O4/c1-12-9-15(11-23-16-5-3-14(4-6-16)20(25)26)13(2)24(12)17-7-8-18(21(27)28)19(22)10-17/h3-11H,1-2H3,(H,25,26)(H,27,28). The van der Waals surface area contributed by atoms with Gasteiger partial charge in [-0.15, -0.1) is 0 Å². The van der Waals surface area contributed by atoms with Crippen molar-refractivity contribution >= 4 is 35.4 Å². The SMILES string of the molecule is Cc1cc(C=Nc2ccc(C(=O)O)cc2)c(C)n1-c1ccc(C(=O)O)c(Cl)c1. The van der Waals surface area contributed by atoms with E-state index in [9.17, 15) is 9.59 Å². The van der Waals surface area contributed by atoms with Crippen LogP contribution in [0.25, 0.3) is 5.69 Å². The molecule has 0 saturated carbocycles. The Morgan fingerprint density at radius 3 is 2.25 bits per heavy atom. The van der Waals surface area contributed by atoms with E-state index >= 15 is 0 Å². The number of hydrogen-bond donors (Lipinski definition) is 2. The largest absolute Gasteiger partial charge is 0.478 e. The Labute approximate surface area is 166 Å². The molecule has 0 amide bonds. The summed E-state index contributed by atoms with van der Waals surface area (Å²) in [6.07, 6.45) is 1.71. The number of nitrogens with zero attached hydrogens (tertiary/aromatic N) is 2. The zero-order chi connectivity index (χ0) is 20.4. The van der Waals surface area contributed by atoms with Crippen molar-refractivity contribution in [1.82, 2.24) is 4.57 Å². The van der Waals surface area contributed by atoms with E-state index in [0.29, 0.717) is 5.69 Å². The first-order valence-corrected chi connectivity index (χ1v) is 8.75. The molecule has 0 atom stereocenters. The van der Waals surface area contributed by atoms with Crippen LogP contribution in [0.2, 0.25) is 5.02 Å². The third-order valence-corrected chi connectivity index (χ3v) is 4.69. The molecule has 3 rings (SSSR count). The number of aromatic nitrogens is 1. The fraction of sp³-hybridized carbons (Fsp3) is 0.0952. The molecule has 1 aromatic heterocycles. The molecule has 0 saturated heterocycles. The minimum absolute atomic E-state index is 0.0551. The maximum absolute atomic E-state index is 11.1. The lowest BCUT2D eigenvalue weighted by atomic mass is 10.2. The van der Waals surface area contributed by atoms with Gasteiger partial charge in [0.1, 0.15) is 0 Å². The van der Waals surface area contributed by atoms with Crippen LogP contribution >= 0.6 is 11.6 Å². The maximum atomic E-state index is 11.1. The molecule has 2 N–H and O–H groups in total. The number of carboxylic acid groups (broad SMARTS) is 2. The molecule has 0 aliphatic rings. The average Bonchev–Trinajstić information content (AvgIpc) is 2.93. The van der Waals surface area contributed by atoms with Crippen molar-refractivity contribution < 1.29 is 19.8 Å². The molecule has 0 aliphatic carbocycles. The molecule has 0 bridgehead atoms. The number of rotatable bonds is 5. The van der Waals surface area contributed by atoms with Gasteiger partial charge in [0.15, 0.2) is 0 Å². The normalized spacial score (nSPS) is 11.1. The van der Waals surface area contributed by atoms with Crippen molar-refractivity contribution in [3.05, 3.63) is 81.6 Å². The molecular weight excluding hydrogens is 380 g/mol. The zero-order valence-electron chi connectivity index (χ0n) is 15.2. The maximum Gasteiger partial charge on any atom is 0.337 e. The molecule has 0 radical (unpaired) electrons. The lowest BCUT2D eigenvalue weighted by Crippen LogP contribution is -2.02. The van der Waals surface area contributed by atoms with Gasteiger partial charge >= 0.3 is 11.9 Å². The lowest BCUT2D eigenvalue weighted by molar-refractivity contribution is 0.0686. The number of aliphatic imine (C=N–C) groups is 1. The molecule has 0 unspecified atom stereocenters. The van der Waals surface area contributed by atoms with Crippen molar-refractivity contribution in [2.75, 3.05) is 0 Å². The van der Waals surface area contributed by atoms with E-state index in [4.69, 9.17) is 21.8 Å². The van der Waals surface area contributed by atoms with Gasteiger partial charge in [-0.2, -0.15) is 0 Å². The fourth-order valence-electron chi connectivity index (χ4n) is 2.97. The Morgan fingerprint density at radius 2 is 1.68 bits per heavy atom. The van der Waals surface area contributed by atoms with E-state index in [1.165, 1.54) is 18.2 Å². The van der Waals surface area contributed by atoms with Crippen LogP contribution < -0.4 is 0 Å². The zero-order valence-corrected chi connectivity index (χ0v) is 15.9. The predicted octanol–water partition coefficient (Wildman–Crippen LogP) is 4.89. The summed E-state index contributed by atoms with van der Waals surface area (Å²) in [4.78, 5) is 26.5. The number of halogens is 1. The van der Waals surface area contributed by atoms with Crippen molar-refractivity contribution in [3.8, 4) is 5.69 Å². The first kappa shape index (κ1) is 19.4. The molecule has 28 heavy (non-hydrogen) atoms. The highest BCUT2D eigenvalue weighted by molar-refractivity contribution is 6.33. The van der Waals surface area contributed by atoms with E-state index in [0.717, 1.165) is 22.6 Å². The van der Waals surface area contributed by atoms with Gasteiger partial charge in [-0.25, -0.2) is 9.59 Å². The smallest absolute Gasteiger partial charge is 0.337 e. The van der Waals surface area contributed by atoms with E-state index in [-0.39, 0.29) is 16.1 Å². The summed E-state index contributed by atoms with van der Waals surface area (Å²) in [5.41, 5.74) is 4.41. The van der Waals surface area contributed by atoms with Crippen LogP contribution in [0, 0.1) is 13.8 Å². The number of hydrogen-bond acceptors (Lipinski definition) is 3. The molecular formula is C21H17ClN2O4. The van der Waals surface area contributed by atoms with E-state index in [1.54, 1.807) is 30.5 Å². The predicted molar refractivity (Wildman–Crippen MR) is 108 cm³/mol. The van der Waals surface area contributed by atoms with Gasteiger partial charge in [-0.1, -0.05) is 11.6 Å². The first-order chi connectivity index (χ1) is 13.3. The van der Waals surface area contributed by atoms with E-state index < -0.39 is 11.9 Å². The van der Waals surface area contributed by atoms with Crippen molar-refractivity contribution in [1.29, 1.82) is 0 Å². The van der Waals surface area contributed by atoms with Crippen molar-refractivity contribution in [2.24, 2.45) is 4.99 Å². The second-order valence-corrected chi connectivity index (χ2v) is 6.65. The van der Waals surface area contributed by atoms with Crippen LogP contribution in [0.4, 0.5) is 5.69 Å². The average molecular weight is 397 g/mol. The van der Waals surface area contributed by atoms with Gasteiger partial charge in [0.2, 0.25) is 0 Å². The summed E-state index contributed by atoms with van der Waals surface area (Å²) in [5.74, 6) is -2.05. The van der Waals surface area contributed by atoms with E-state index in [2.05, 4.69) is 4.99 Å². The third kappa shape index (κ3) is 3.82. The van der Waals surface area contributed by atoms with Gasteiger partial charge in [0.25, 0.3) is 0 Å². The molecule has 0 spiro atoms. The molecule has 6 nitrogen and oxygen atoms in total. The first-order valence-electron chi connectivity index (χ1n) is 8.37. The van der Waals surface area contributed by atoms with Gasteiger partial charge in [-0.3, -0.25) is 4.99 Å². The molecule has 142 valence electrons. The topological polar surface area (TPSA) is 91.9 Å². The van der Waals surface area contributed by atoms with Gasteiger partial charge in [-0.05, 0) is 62.4 Å². The van der Waals surface area contributed by atoms with Crippen molar-refractivity contribution in [3.63, 3.8) is 0 Å². The third-order valence-electron chi connectivity index (χ3n) is 4.38. The summed E-state index contributed by atoms with van der Waals surface area (Å²) >= 11 is 6.10. The highest BCUT2D eigenvalue weighted by atomic mass is 35.5. The number of aryl methyl sites for hydroxylation is 1. The molecule has 1 heterocycles. The van der Waals surface area contributed by atoms with Crippen LogP contribution in [0.5, 0.6) is 0 Å². The number of aromatic carboxylic acids is 2. The quantitative estimate of drug-likeness (QED) is 0.600. The summed E-state index contributed by atoms with van der Waals surface area (Å²) < 4.78 is 1.96. The Morgan fingerprint density at radius 1 is 1.00 bits per heavy atom. The highest BCUT2D eigenvalue weighted by Crippen LogP contribution is 2.25. The Hall–Kier alpha value is -3.38. The number of benzene rings is 2. The van der Waals surface area contributed by atoms with Gasteiger partial charge in [0.05, 0.1) is 21.8 Å². The Bertz CT molecular complexity index is 1100. The van der Waals surface area contributed by atoms with Crippen LogP contribution in [0.15, 0.2) is 53.5 Å². The lowest BCUT2D eigenvalue weighted by Gasteiger charge is -2.11. The van der Waals surface area contributed by atoms with Crippen LogP contribution in [0.3, 0.4) is 0 Å². The number of carboxylic acids is 2. The summed E-state index contributed by atoms with van der Waals surface area (Å²) in [6, 6.07) is 13.1. The van der Waals surface area contributed by atoms with E-state index in [1.807, 2.05) is 24.5 Å². The second kappa shape index (κ2) is 7.70. The van der Waals surface area contributed by atoms with Crippen LogP contribution in [0.1, 0.15) is 37.7 Å². The Kier molecular flexibility index (Phi) is 5.33. The minimum atomic E-state index is -1.07. The molecule has 0 aliphatic heterocycles. The number of carbonyl (C=O) groups is 2. The summed E-state index contributed by atoms with van der Waals surface area (Å²) in [6.45, 7) is 3.87. The molecule has 0 fully saturated rings. The van der Waals surface area contributed by atoms with Crippen LogP contribution in [-0.4, -0.2) is 32.9 Å². The second-order valence-electron chi connectivity index (χ2n) is 6.24. The Balaban J connectivity index is 1.92. The molecule has 3 aromatic rings. The van der Waals surface area contributed by atoms with Gasteiger partial charge < -0.3 is 14.8 Å². The van der Waals surface area contributed by atoms with Crippen molar-refractivity contribution in [2.45, 2.75) is 13.8 Å². The van der Waals surface area contributed by atoms with Crippen LogP contribution in [-0.2, 0) is 0 Å². The molecule has 7 heteroatoms. The highest BCUT2D eigenvalue weighted by Gasteiger charge is 2.13. The monoisotopic (exact) mass is 396 g/mol. The summed E-state index contributed by atoms with van der Waals surface area (Å²) in [5, 5.41) is 18.2.